The van der Waals surface area contributed by atoms with Crippen molar-refractivity contribution >= 4 is 10.9 Å². The van der Waals surface area contributed by atoms with Crippen LogP contribution in [0.3, 0.4) is 0 Å². The molecule has 180 valence electrons. The number of hydrogen-bond acceptors (Lipinski definition) is 4. The van der Waals surface area contributed by atoms with Crippen LogP contribution < -0.4 is 5.32 Å². The van der Waals surface area contributed by atoms with E-state index in [1.807, 2.05) is 24.7 Å². The molecular formula is C30H30N6. The molecule has 0 amide bonds. The number of benzene rings is 2. The molecule has 3 N–H and O–H groups in total. The number of pyridine rings is 1. The van der Waals surface area contributed by atoms with E-state index in [1.54, 1.807) is 0 Å². The molecule has 7 rings (SSSR count). The van der Waals surface area contributed by atoms with Crippen LogP contribution in [-0.2, 0) is 0 Å². The van der Waals surface area contributed by atoms with Gasteiger partial charge in [0.2, 0.25) is 0 Å². The largest absolute Gasteiger partial charge is 0.342 e. The first-order chi connectivity index (χ1) is 17.8. The highest BCUT2D eigenvalue weighted by atomic mass is 15.0. The summed E-state index contributed by atoms with van der Waals surface area (Å²) in [4.78, 5) is 21.3. The molecule has 1 saturated carbocycles. The Morgan fingerprint density at radius 3 is 2.25 bits per heavy atom. The van der Waals surface area contributed by atoms with E-state index >= 15 is 0 Å². The van der Waals surface area contributed by atoms with Crippen LogP contribution in [0, 0.1) is 0 Å². The third-order valence-electron chi connectivity index (χ3n) is 7.89. The van der Waals surface area contributed by atoms with E-state index in [0.717, 1.165) is 52.5 Å². The number of rotatable bonds is 5. The molecule has 1 aliphatic heterocycles. The number of imidazole rings is 2. The Balaban J connectivity index is 1.21. The molecule has 0 bridgehead atoms. The lowest BCUT2D eigenvalue weighted by molar-refractivity contribution is 0.613. The van der Waals surface area contributed by atoms with E-state index in [-0.39, 0.29) is 0 Å². The maximum atomic E-state index is 4.78. The topological polar surface area (TPSA) is 82.3 Å². The Morgan fingerprint density at radius 1 is 0.667 bits per heavy atom. The van der Waals surface area contributed by atoms with Gasteiger partial charge in [0.05, 0.1) is 35.3 Å². The van der Waals surface area contributed by atoms with Crippen LogP contribution in [0.2, 0.25) is 0 Å². The second-order valence-electron chi connectivity index (χ2n) is 10.1. The minimum Gasteiger partial charge on any atom is -0.342 e. The summed E-state index contributed by atoms with van der Waals surface area (Å²) in [7, 11) is 0. The molecule has 2 aliphatic rings. The van der Waals surface area contributed by atoms with Crippen LogP contribution in [0.5, 0.6) is 0 Å². The van der Waals surface area contributed by atoms with Gasteiger partial charge in [-0.15, -0.1) is 0 Å². The van der Waals surface area contributed by atoms with Crippen molar-refractivity contribution in [3.05, 3.63) is 78.8 Å². The SMILES string of the molecule is c1cnc2c(-c3cnc([C@@H]4CCCN4)[nH]3)ccc(-c3ccc(-c4cnc(C5CCCC5)[nH]4)cc3)c2c1. The zero-order valence-corrected chi connectivity index (χ0v) is 20.3. The maximum Gasteiger partial charge on any atom is 0.123 e. The summed E-state index contributed by atoms with van der Waals surface area (Å²) in [5.41, 5.74) is 7.71. The van der Waals surface area contributed by atoms with E-state index in [2.05, 4.69) is 67.7 Å². The van der Waals surface area contributed by atoms with Gasteiger partial charge in [-0.05, 0) is 61.1 Å². The van der Waals surface area contributed by atoms with E-state index in [4.69, 9.17) is 4.98 Å². The molecule has 2 fully saturated rings. The standard InChI is InChI=1S/C30H30N6/c1-2-6-21(5-1)29-33-17-26(35-29)20-11-9-19(10-12-20)22-13-14-24(28-23(22)7-3-16-32-28)27-18-34-30(36-27)25-8-4-15-31-25/h3,7,9-14,16-18,21,25,31H,1-2,4-6,8,15H2,(H,33,35)(H,34,36)/t25-/m0/s1. The van der Waals surface area contributed by atoms with Crippen molar-refractivity contribution in [2.45, 2.75) is 50.5 Å². The molecule has 36 heavy (non-hydrogen) atoms. The molecule has 1 atom stereocenters. The summed E-state index contributed by atoms with van der Waals surface area (Å²) in [6.45, 7) is 1.06. The number of aromatic nitrogens is 5. The van der Waals surface area contributed by atoms with Crippen molar-refractivity contribution in [3.8, 4) is 33.6 Å². The Morgan fingerprint density at radius 2 is 1.42 bits per heavy atom. The van der Waals surface area contributed by atoms with Gasteiger partial charge in [0.25, 0.3) is 0 Å². The Kier molecular flexibility index (Phi) is 5.39. The minimum atomic E-state index is 0.319. The third kappa shape index (κ3) is 3.82. The second-order valence-corrected chi connectivity index (χ2v) is 10.1. The first-order valence-corrected chi connectivity index (χ1v) is 13.2. The number of fused-ring (bicyclic) bond motifs is 1. The minimum absolute atomic E-state index is 0.319. The predicted octanol–water partition coefficient (Wildman–Crippen LogP) is 6.76. The molecule has 3 aromatic heterocycles. The van der Waals surface area contributed by atoms with Gasteiger partial charge in [-0.3, -0.25) is 4.98 Å². The highest BCUT2D eigenvalue weighted by Crippen LogP contribution is 2.36. The zero-order chi connectivity index (χ0) is 23.9. The molecule has 4 heterocycles. The van der Waals surface area contributed by atoms with Crippen LogP contribution in [0.25, 0.3) is 44.5 Å². The third-order valence-corrected chi connectivity index (χ3v) is 7.89. The molecule has 0 spiro atoms. The Labute approximate surface area is 210 Å². The molecule has 2 aromatic carbocycles. The van der Waals surface area contributed by atoms with Crippen molar-refractivity contribution < 1.29 is 0 Å². The monoisotopic (exact) mass is 474 g/mol. The van der Waals surface area contributed by atoms with Gasteiger partial charge < -0.3 is 15.3 Å². The lowest BCUT2D eigenvalue weighted by Crippen LogP contribution is -2.14. The van der Waals surface area contributed by atoms with E-state index in [9.17, 15) is 0 Å². The molecular weight excluding hydrogens is 444 g/mol. The van der Waals surface area contributed by atoms with Crippen LogP contribution in [0.1, 0.15) is 62.1 Å². The fourth-order valence-electron chi connectivity index (χ4n) is 5.93. The van der Waals surface area contributed by atoms with Gasteiger partial charge in [0.1, 0.15) is 11.6 Å². The van der Waals surface area contributed by atoms with Crippen molar-refractivity contribution in [3.63, 3.8) is 0 Å². The van der Waals surface area contributed by atoms with Crippen LogP contribution in [-0.4, -0.2) is 31.5 Å². The van der Waals surface area contributed by atoms with Gasteiger partial charge in [-0.25, -0.2) is 9.97 Å². The molecule has 1 saturated heterocycles. The number of H-pyrrole nitrogens is 2. The fourth-order valence-corrected chi connectivity index (χ4v) is 5.93. The molecule has 5 aromatic rings. The number of hydrogen-bond donors (Lipinski definition) is 3. The highest BCUT2D eigenvalue weighted by Gasteiger charge is 2.21. The van der Waals surface area contributed by atoms with Gasteiger partial charge in [-0.1, -0.05) is 49.2 Å². The maximum absolute atomic E-state index is 4.78. The van der Waals surface area contributed by atoms with Crippen molar-refractivity contribution in [1.82, 2.24) is 30.2 Å². The average Bonchev–Trinajstić information content (AvgIpc) is 3.75. The van der Waals surface area contributed by atoms with E-state index in [0.29, 0.717) is 12.0 Å². The summed E-state index contributed by atoms with van der Waals surface area (Å²) in [6.07, 6.45) is 13.2. The highest BCUT2D eigenvalue weighted by molar-refractivity contribution is 6.02. The Bertz CT molecular complexity index is 1500. The molecule has 0 unspecified atom stereocenters. The van der Waals surface area contributed by atoms with Crippen molar-refractivity contribution in [2.75, 3.05) is 6.54 Å². The average molecular weight is 475 g/mol. The van der Waals surface area contributed by atoms with Gasteiger partial charge in [-0.2, -0.15) is 0 Å². The van der Waals surface area contributed by atoms with Crippen LogP contribution in [0.4, 0.5) is 0 Å². The summed E-state index contributed by atoms with van der Waals surface area (Å²) in [5, 5.41) is 4.66. The van der Waals surface area contributed by atoms with Crippen molar-refractivity contribution in [1.29, 1.82) is 0 Å². The van der Waals surface area contributed by atoms with Gasteiger partial charge >= 0.3 is 0 Å². The molecule has 6 nitrogen and oxygen atoms in total. The summed E-state index contributed by atoms with van der Waals surface area (Å²) in [6, 6.07) is 17.6. The van der Waals surface area contributed by atoms with E-state index in [1.165, 1.54) is 48.8 Å². The first kappa shape index (κ1) is 21.5. The summed E-state index contributed by atoms with van der Waals surface area (Å²) in [5.74, 6) is 2.75. The second kappa shape index (κ2) is 9.03. The van der Waals surface area contributed by atoms with Crippen LogP contribution >= 0.6 is 0 Å². The summed E-state index contributed by atoms with van der Waals surface area (Å²) < 4.78 is 0. The van der Waals surface area contributed by atoms with Crippen LogP contribution in [0.15, 0.2) is 67.1 Å². The normalized spacial score (nSPS) is 18.4. The smallest absolute Gasteiger partial charge is 0.123 e. The molecule has 0 radical (unpaired) electrons. The number of aromatic amines is 2. The fraction of sp³-hybridized carbons (Fsp3) is 0.300. The quantitative estimate of drug-likeness (QED) is 0.263. The van der Waals surface area contributed by atoms with Gasteiger partial charge in [0, 0.05) is 23.1 Å². The molecule has 6 heteroatoms. The number of nitrogens with one attached hydrogen (secondary N) is 3. The predicted molar refractivity (Wildman–Crippen MR) is 144 cm³/mol. The van der Waals surface area contributed by atoms with Gasteiger partial charge in [0.15, 0.2) is 0 Å². The van der Waals surface area contributed by atoms with E-state index < -0.39 is 0 Å². The lowest BCUT2D eigenvalue weighted by Gasteiger charge is -2.11. The lowest BCUT2D eigenvalue weighted by atomic mass is 9.96. The zero-order valence-electron chi connectivity index (χ0n) is 20.3. The Hall–Kier alpha value is -3.77. The van der Waals surface area contributed by atoms with Crippen molar-refractivity contribution in [2.24, 2.45) is 0 Å². The number of nitrogens with zero attached hydrogens (tertiary/aromatic N) is 3. The molecule has 1 aliphatic carbocycles. The first-order valence-electron chi connectivity index (χ1n) is 13.2. The summed E-state index contributed by atoms with van der Waals surface area (Å²) >= 11 is 0.